The van der Waals surface area contributed by atoms with Crippen LogP contribution in [-0.2, 0) is 9.53 Å². The molecule has 0 saturated carbocycles. The molecule has 0 aliphatic carbocycles. The van der Waals surface area contributed by atoms with Crippen molar-refractivity contribution in [3.05, 3.63) is 60.7 Å². The zero-order valence-corrected chi connectivity index (χ0v) is 16.8. The van der Waals surface area contributed by atoms with Gasteiger partial charge in [0.2, 0.25) is 5.91 Å². The molecule has 1 aliphatic heterocycles. The van der Waals surface area contributed by atoms with E-state index in [1.807, 2.05) is 49.4 Å². The molecule has 6 nitrogen and oxygen atoms in total. The van der Waals surface area contributed by atoms with Crippen LogP contribution in [0.2, 0.25) is 0 Å². The van der Waals surface area contributed by atoms with Crippen LogP contribution in [0.15, 0.2) is 60.7 Å². The summed E-state index contributed by atoms with van der Waals surface area (Å²) in [4.78, 5) is 12.4. The van der Waals surface area contributed by atoms with Crippen LogP contribution in [-0.4, -0.2) is 38.4 Å². The van der Waals surface area contributed by atoms with E-state index in [-0.39, 0.29) is 18.6 Å². The van der Waals surface area contributed by atoms with Gasteiger partial charge in [0, 0.05) is 18.4 Å². The highest BCUT2D eigenvalue weighted by Crippen LogP contribution is 2.25. The van der Waals surface area contributed by atoms with Crippen molar-refractivity contribution < 1.29 is 19.0 Å². The molecule has 3 rings (SSSR count). The number of benzene rings is 2. The predicted molar refractivity (Wildman–Crippen MR) is 115 cm³/mol. The molecule has 1 fully saturated rings. The van der Waals surface area contributed by atoms with E-state index in [0.29, 0.717) is 30.4 Å². The first kappa shape index (κ1) is 20.7. The fraction of sp³-hybridized carbons (Fsp3) is 0.348. The van der Waals surface area contributed by atoms with E-state index in [1.165, 1.54) is 0 Å². The molecule has 2 aromatic carbocycles. The number of rotatable bonds is 10. The van der Waals surface area contributed by atoms with Gasteiger partial charge in [-0.25, -0.2) is 0 Å². The fourth-order valence-electron chi connectivity index (χ4n) is 2.95. The number of carbonyl (C=O) groups excluding carboxylic acids is 1. The molecule has 0 bridgehead atoms. The van der Waals surface area contributed by atoms with Crippen LogP contribution in [0.4, 0.5) is 11.4 Å². The summed E-state index contributed by atoms with van der Waals surface area (Å²) < 4.78 is 17.1. The number of hydrogen-bond donors (Lipinski definition) is 2. The van der Waals surface area contributed by atoms with Gasteiger partial charge >= 0.3 is 0 Å². The first-order valence-electron chi connectivity index (χ1n) is 9.84. The number of hydrogen-bond acceptors (Lipinski definition) is 5. The molecule has 0 aromatic heterocycles. The van der Waals surface area contributed by atoms with Gasteiger partial charge < -0.3 is 24.8 Å². The fourth-order valence-corrected chi connectivity index (χ4v) is 2.95. The van der Waals surface area contributed by atoms with E-state index < -0.39 is 0 Å². The van der Waals surface area contributed by atoms with E-state index in [0.717, 1.165) is 30.7 Å². The highest BCUT2D eigenvalue weighted by Gasteiger charge is 2.16. The first-order valence-corrected chi connectivity index (χ1v) is 9.84. The Balaban J connectivity index is 1.50. The standard InChI is InChI=1S/C23H28N2O4/c1-17(2)15-28-19-8-5-7-18(13-19)25-23(26)14-24-21-10-3-4-11-22(21)29-16-20-9-6-12-27-20/h3-5,7-8,10-11,13,20,24H,1,6,9,12,14-16H2,2H3,(H,25,26). The lowest BCUT2D eigenvalue weighted by Crippen LogP contribution is -2.22. The highest BCUT2D eigenvalue weighted by molar-refractivity contribution is 5.94. The van der Waals surface area contributed by atoms with Crippen molar-refractivity contribution in [2.45, 2.75) is 25.9 Å². The topological polar surface area (TPSA) is 68.8 Å². The monoisotopic (exact) mass is 396 g/mol. The Hall–Kier alpha value is -2.99. The molecule has 0 radical (unpaired) electrons. The maximum Gasteiger partial charge on any atom is 0.243 e. The van der Waals surface area contributed by atoms with Crippen molar-refractivity contribution in [2.24, 2.45) is 0 Å². The Morgan fingerprint density at radius 1 is 1.21 bits per heavy atom. The minimum Gasteiger partial charge on any atom is -0.489 e. The van der Waals surface area contributed by atoms with Crippen LogP contribution < -0.4 is 20.1 Å². The molecule has 154 valence electrons. The van der Waals surface area contributed by atoms with E-state index >= 15 is 0 Å². The lowest BCUT2D eigenvalue weighted by molar-refractivity contribution is -0.114. The Bertz CT molecular complexity index is 831. The summed E-state index contributed by atoms with van der Waals surface area (Å²) >= 11 is 0. The lowest BCUT2D eigenvalue weighted by Gasteiger charge is -2.15. The Morgan fingerprint density at radius 3 is 2.86 bits per heavy atom. The third kappa shape index (κ3) is 6.84. The molecule has 1 atom stereocenters. The number of nitrogens with one attached hydrogen (secondary N) is 2. The molecule has 1 amide bonds. The van der Waals surface area contributed by atoms with E-state index in [2.05, 4.69) is 17.2 Å². The van der Waals surface area contributed by atoms with Crippen molar-refractivity contribution in [3.8, 4) is 11.5 Å². The summed E-state index contributed by atoms with van der Waals surface area (Å²) in [5.74, 6) is 1.24. The summed E-state index contributed by atoms with van der Waals surface area (Å²) in [6, 6.07) is 14.9. The Morgan fingerprint density at radius 2 is 2.07 bits per heavy atom. The van der Waals surface area contributed by atoms with Gasteiger partial charge in [0.15, 0.2) is 0 Å². The molecular weight excluding hydrogens is 368 g/mol. The van der Waals surface area contributed by atoms with Crippen LogP contribution >= 0.6 is 0 Å². The first-order chi connectivity index (χ1) is 14.1. The third-order valence-corrected chi connectivity index (χ3v) is 4.38. The summed E-state index contributed by atoms with van der Waals surface area (Å²) in [6.45, 7) is 7.60. The van der Waals surface area contributed by atoms with E-state index in [9.17, 15) is 4.79 Å². The molecule has 0 spiro atoms. The highest BCUT2D eigenvalue weighted by atomic mass is 16.5. The summed E-state index contributed by atoms with van der Waals surface area (Å²) in [6.07, 6.45) is 2.24. The smallest absolute Gasteiger partial charge is 0.243 e. The second kappa shape index (κ2) is 10.5. The van der Waals surface area contributed by atoms with Crippen LogP contribution in [0.5, 0.6) is 11.5 Å². The summed E-state index contributed by atoms with van der Waals surface area (Å²) in [7, 11) is 0. The van der Waals surface area contributed by atoms with Gasteiger partial charge in [-0.15, -0.1) is 0 Å². The van der Waals surface area contributed by atoms with Gasteiger partial charge in [-0.3, -0.25) is 4.79 Å². The van der Waals surface area contributed by atoms with Crippen molar-refractivity contribution in [1.29, 1.82) is 0 Å². The van der Waals surface area contributed by atoms with Crippen LogP contribution in [0.3, 0.4) is 0 Å². The van der Waals surface area contributed by atoms with Gasteiger partial charge in [-0.05, 0) is 49.6 Å². The lowest BCUT2D eigenvalue weighted by atomic mass is 10.2. The van der Waals surface area contributed by atoms with Gasteiger partial charge in [-0.2, -0.15) is 0 Å². The SMILES string of the molecule is C=C(C)COc1cccc(NC(=O)CNc2ccccc2OCC2CCCO2)c1. The second-order valence-electron chi connectivity index (χ2n) is 7.12. The number of para-hydroxylation sites is 2. The maximum absolute atomic E-state index is 12.4. The van der Waals surface area contributed by atoms with Gasteiger partial charge in [0.25, 0.3) is 0 Å². The quantitative estimate of drug-likeness (QED) is 0.588. The maximum atomic E-state index is 12.4. The molecule has 2 N–H and O–H groups in total. The van der Waals surface area contributed by atoms with Gasteiger partial charge in [0.1, 0.15) is 24.7 Å². The van der Waals surface area contributed by atoms with Crippen LogP contribution in [0, 0.1) is 0 Å². The predicted octanol–water partition coefficient (Wildman–Crippen LogP) is 4.25. The zero-order valence-electron chi connectivity index (χ0n) is 16.8. The molecule has 1 aliphatic rings. The normalized spacial score (nSPS) is 15.6. The molecule has 1 unspecified atom stereocenters. The molecular formula is C23H28N2O4. The van der Waals surface area contributed by atoms with E-state index in [4.69, 9.17) is 14.2 Å². The Kier molecular flexibility index (Phi) is 7.53. The molecule has 1 saturated heterocycles. The third-order valence-electron chi connectivity index (χ3n) is 4.38. The van der Waals surface area contributed by atoms with Crippen molar-refractivity contribution >= 4 is 17.3 Å². The Labute approximate surface area is 171 Å². The van der Waals surface area contributed by atoms with Crippen molar-refractivity contribution in [1.82, 2.24) is 0 Å². The molecule has 1 heterocycles. The largest absolute Gasteiger partial charge is 0.489 e. The molecule has 6 heteroatoms. The second-order valence-corrected chi connectivity index (χ2v) is 7.12. The molecule has 2 aromatic rings. The number of carbonyl (C=O) groups is 1. The van der Waals surface area contributed by atoms with Gasteiger partial charge in [0.05, 0.1) is 18.3 Å². The van der Waals surface area contributed by atoms with Crippen molar-refractivity contribution in [2.75, 3.05) is 37.0 Å². The minimum absolute atomic E-state index is 0.122. The van der Waals surface area contributed by atoms with Crippen molar-refractivity contribution in [3.63, 3.8) is 0 Å². The summed E-state index contributed by atoms with van der Waals surface area (Å²) in [5.41, 5.74) is 2.39. The number of ether oxygens (including phenoxy) is 3. The average molecular weight is 396 g/mol. The van der Waals surface area contributed by atoms with Crippen LogP contribution in [0.25, 0.3) is 0 Å². The molecule has 29 heavy (non-hydrogen) atoms. The zero-order chi connectivity index (χ0) is 20.5. The van der Waals surface area contributed by atoms with Gasteiger partial charge in [-0.1, -0.05) is 24.8 Å². The van der Waals surface area contributed by atoms with E-state index in [1.54, 1.807) is 6.07 Å². The van der Waals surface area contributed by atoms with Crippen LogP contribution in [0.1, 0.15) is 19.8 Å². The number of anilines is 2. The average Bonchev–Trinajstić information content (AvgIpc) is 3.24. The summed E-state index contributed by atoms with van der Waals surface area (Å²) in [5, 5.41) is 6.01. The minimum atomic E-state index is -0.156. The number of amides is 1.